The van der Waals surface area contributed by atoms with Gasteiger partial charge in [0.05, 0.1) is 6.33 Å². The van der Waals surface area contributed by atoms with E-state index in [4.69, 9.17) is 0 Å². The van der Waals surface area contributed by atoms with E-state index in [1.54, 1.807) is 0 Å². The number of aromatic amines is 1. The van der Waals surface area contributed by atoms with Gasteiger partial charge in [0.2, 0.25) is 0 Å². The molecule has 2 aromatic rings. The number of aromatic nitrogens is 2. The van der Waals surface area contributed by atoms with Crippen LogP contribution >= 0.6 is 0 Å². The second kappa shape index (κ2) is 6.14. The molecule has 0 saturated heterocycles. The Morgan fingerprint density at radius 2 is 1.95 bits per heavy atom. The van der Waals surface area contributed by atoms with Gasteiger partial charge in [-0.1, -0.05) is 0 Å². The summed E-state index contributed by atoms with van der Waals surface area (Å²) in [5.74, 6) is -1.97. The normalized spacial score (nSPS) is 12.2. The van der Waals surface area contributed by atoms with Crippen LogP contribution in [-0.4, -0.2) is 42.4 Å². The van der Waals surface area contributed by atoms with Gasteiger partial charge in [-0.2, -0.15) is 0 Å². The molecule has 0 fully saturated rings. The molecule has 0 aliphatic carbocycles. The Labute approximate surface area is 119 Å². The number of H-pyrrole nitrogens is 1. The molecule has 1 aromatic heterocycles. The zero-order chi connectivity index (χ0) is 15.4. The molecule has 6 N–H and O–H groups in total. The van der Waals surface area contributed by atoms with Crippen molar-refractivity contribution in [3.8, 4) is 17.2 Å². The van der Waals surface area contributed by atoms with Gasteiger partial charge in [0.15, 0.2) is 0 Å². The number of carboxylic acids is 1. The number of imidazole rings is 1. The van der Waals surface area contributed by atoms with Gasteiger partial charge in [0.25, 0.3) is 0 Å². The van der Waals surface area contributed by atoms with Crippen molar-refractivity contribution in [1.82, 2.24) is 15.3 Å². The Balaban J connectivity index is 2.07. The number of rotatable bonds is 6. The van der Waals surface area contributed by atoms with Gasteiger partial charge in [-0.25, -0.2) is 4.98 Å². The molecule has 0 aliphatic rings. The molecule has 2 rings (SSSR count). The van der Waals surface area contributed by atoms with E-state index < -0.39 is 12.0 Å². The third-order valence-corrected chi connectivity index (χ3v) is 2.99. The minimum Gasteiger partial charge on any atom is -0.508 e. The van der Waals surface area contributed by atoms with Gasteiger partial charge in [0.1, 0.15) is 23.3 Å². The average molecular weight is 293 g/mol. The molecule has 8 heteroatoms. The zero-order valence-corrected chi connectivity index (χ0v) is 10.9. The fraction of sp³-hybridized carbons (Fsp3) is 0.231. The Morgan fingerprint density at radius 1 is 1.29 bits per heavy atom. The topological polar surface area (TPSA) is 139 Å². The average Bonchev–Trinajstić information content (AvgIpc) is 2.88. The summed E-state index contributed by atoms with van der Waals surface area (Å²) < 4.78 is 0. The maximum absolute atomic E-state index is 11.2. The van der Waals surface area contributed by atoms with E-state index in [1.165, 1.54) is 12.5 Å². The number of aromatic hydroxyl groups is 3. The number of hydrogen-bond acceptors (Lipinski definition) is 6. The molecular formula is C13H15N3O5. The third-order valence-electron chi connectivity index (χ3n) is 2.99. The first-order chi connectivity index (χ1) is 9.97. The van der Waals surface area contributed by atoms with Crippen LogP contribution in [0.3, 0.4) is 0 Å². The molecule has 21 heavy (non-hydrogen) atoms. The number of phenols is 3. The lowest BCUT2D eigenvalue weighted by Gasteiger charge is -2.15. The van der Waals surface area contributed by atoms with Crippen LogP contribution in [0.1, 0.15) is 11.3 Å². The molecule has 1 heterocycles. The van der Waals surface area contributed by atoms with Crippen LogP contribution in [0.2, 0.25) is 0 Å². The van der Waals surface area contributed by atoms with Gasteiger partial charge in [-0.05, 0) is 0 Å². The van der Waals surface area contributed by atoms with Crippen LogP contribution in [0.5, 0.6) is 17.2 Å². The number of carbonyl (C=O) groups is 1. The summed E-state index contributed by atoms with van der Waals surface area (Å²) in [6, 6.07) is 1.22. The summed E-state index contributed by atoms with van der Waals surface area (Å²) in [6.45, 7) is -0.0664. The molecule has 1 unspecified atom stereocenters. The molecule has 112 valence electrons. The maximum atomic E-state index is 11.2. The van der Waals surface area contributed by atoms with Crippen LogP contribution in [0, 0.1) is 0 Å². The second-order valence-corrected chi connectivity index (χ2v) is 4.52. The summed E-state index contributed by atoms with van der Waals surface area (Å²) in [5, 5.41) is 40.4. The fourth-order valence-electron chi connectivity index (χ4n) is 1.90. The second-order valence-electron chi connectivity index (χ2n) is 4.52. The van der Waals surface area contributed by atoms with Crippen LogP contribution < -0.4 is 5.32 Å². The molecule has 8 nitrogen and oxygen atoms in total. The largest absolute Gasteiger partial charge is 0.508 e. The number of nitrogens with one attached hydrogen (secondary N) is 2. The van der Waals surface area contributed by atoms with E-state index in [2.05, 4.69) is 15.3 Å². The number of hydrogen-bond donors (Lipinski definition) is 6. The predicted octanol–water partition coefficient (Wildman–Crippen LogP) is 0.312. The third kappa shape index (κ3) is 3.63. The summed E-state index contributed by atoms with van der Waals surface area (Å²) in [4.78, 5) is 17.8. The smallest absolute Gasteiger partial charge is 0.321 e. The molecule has 0 saturated carbocycles. The first kappa shape index (κ1) is 14.7. The van der Waals surface area contributed by atoms with Crippen molar-refractivity contribution >= 4 is 5.97 Å². The van der Waals surface area contributed by atoms with E-state index in [0.29, 0.717) is 5.69 Å². The molecule has 0 radical (unpaired) electrons. The Bertz CT molecular complexity index is 604. The van der Waals surface area contributed by atoms with Gasteiger partial charge in [-0.3, -0.25) is 10.1 Å². The van der Waals surface area contributed by atoms with E-state index in [-0.39, 0.29) is 35.8 Å². The molecule has 1 atom stereocenters. The first-order valence-corrected chi connectivity index (χ1v) is 6.14. The minimum absolute atomic E-state index is 0.0664. The standard InChI is InChI=1S/C13H15N3O5/c17-8-2-11(18)9(12(19)3-8)5-15-10(13(20)21)1-7-4-14-6-16-7/h2-4,6,10,15,17-19H,1,5H2,(H,14,16)(H,20,21). The van der Waals surface area contributed by atoms with E-state index >= 15 is 0 Å². The fourth-order valence-corrected chi connectivity index (χ4v) is 1.90. The summed E-state index contributed by atoms with van der Waals surface area (Å²) in [6.07, 6.45) is 3.15. The van der Waals surface area contributed by atoms with Crippen LogP contribution in [-0.2, 0) is 17.8 Å². The lowest BCUT2D eigenvalue weighted by atomic mass is 10.1. The number of aliphatic carboxylic acids is 1. The highest BCUT2D eigenvalue weighted by Crippen LogP contribution is 2.31. The highest BCUT2D eigenvalue weighted by molar-refractivity contribution is 5.73. The van der Waals surface area contributed by atoms with Crippen molar-refractivity contribution in [1.29, 1.82) is 0 Å². The van der Waals surface area contributed by atoms with Crippen molar-refractivity contribution in [3.05, 3.63) is 35.9 Å². The van der Waals surface area contributed by atoms with Crippen molar-refractivity contribution < 1.29 is 25.2 Å². The molecule has 0 aliphatic heterocycles. The molecule has 1 aromatic carbocycles. The monoisotopic (exact) mass is 293 g/mol. The van der Waals surface area contributed by atoms with Crippen molar-refractivity contribution in [2.75, 3.05) is 0 Å². The summed E-state index contributed by atoms with van der Waals surface area (Å²) >= 11 is 0. The summed E-state index contributed by atoms with van der Waals surface area (Å²) in [7, 11) is 0. The van der Waals surface area contributed by atoms with Gasteiger partial charge >= 0.3 is 5.97 Å². The molecule has 0 bridgehead atoms. The van der Waals surface area contributed by atoms with Crippen molar-refractivity contribution in [2.24, 2.45) is 0 Å². The number of nitrogens with zero attached hydrogens (tertiary/aromatic N) is 1. The number of benzene rings is 1. The van der Waals surface area contributed by atoms with Crippen LogP contribution in [0.4, 0.5) is 0 Å². The van der Waals surface area contributed by atoms with E-state index in [0.717, 1.165) is 12.1 Å². The van der Waals surface area contributed by atoms with Gasteiger partial charge < -0.3 is 25.4 Å². The lowest BCUT2D eigenvalue weighted by molar-refractivity contribution is -0.139. The van der Waals surface area contributed by atoms with Crippen molar-refractivity contribution in [2.45, 2.75) is 19.0 Å². The minimum atomic E-state index is -1.07. The molecular weight excluding hydrogens is 278 g/mol. The highest BCUT2D eigenvalue weighted by Gasteiger charge is 2.19. The van der Waals surface area contributed by atoms with Crippen molar-refractivity contribution in [3.63, 3.8) is 0 Å². The quantitative estimate of drug-likeness (QED) is 0.450. The van der Waals surface area contributed by atoms with Gasteiger partial charge in [0, 0.05) is 42.6 Å². The number of phenolic OH excluding ortho intramolecular Hbond substituents is 3. The Kier molecular flexibility index (Phi) is 4.29. The SMILES string of the molecule is O=C(O)C(Cc1cnc[nH]1)NCc1c(O)cc(O)cc1O. The maximum Gasteiger partial charge on any atom is 0.321 e. The van der Waals surface area contributed by atoms with E-state index in [9.17, 15) is 25.2 Å². The summed E-state index contributed by atoms with van der Waals surface area (Å²) in [5.41, 5.74) is 0.762. The molecule has 0 spiro atoms. The van der Waals surface area contributed by atoms with Crippen LogP contribution in [0.15, 0.2) is 24.7 Å². The van der Waals surface area contributed by atoms with Crippen LogP contribution in [0.25, 0.3) is 0 Å². The Hall–Kier alpha value is -2.74. The Morgan fingerprint density at radius 3 is 2.48 bits per heavy atom. The van der Waals surface area contributed by atoms with Gasteiger partial charge in [-0.15, -0.1) is 0 Å². The zero-order valence-electron chi connectivity index (χ0n) is 10.9. The molecule has 0 amide bonds. The lowest BCUT2D eigenvalue weighted by Crippen LogP contribution is -2.38. The first-order valence-electron chi connectivity index (χ1n) is 6.14. The highest BCUT2D eigenvalue weighted by atomic mass is 16.4. The van der Waals surface area contributed by atoms with E-state index in [1.807, 2.05) is 0 Å². The predicted molar refractivity (Wildman–Crippen MR) is 72.0 cm³/mol. The number of carboxylic acid groups (broad SMARTS) is 1.